The van der Waals surface area contributed by atoms with Crippen molar-refractivity contribution in [2.24, 2.45) is 0 Å². The smallest absolute Gasteiger partial charge is 0.260 e. The van der Waals surface area contributed by atoms with E-state index in [4.69, 9.17) is 4.74 Å². The van der Waals surface area contributed by atoms with Crippen LogP contribution in [0.2, 0.25) is 0 Å². The van der Waals surface area contributed by atoms with Crippen LogP contribution < -0.4 is 0 Å². The number of alkyl halides is 1. The van der Waals surface area contributed by atoms with Gasteiger partial charge in [0.2, 0.25) is 0 Å². The number of carbonyl (C=O) groups is 1. The van der Waals surface area contributed by atoms with Gasteiger partial charge in [0.1, 0.15) is 0 Å². The van der Waals surface area contributed by atoms with E-state index in [0.717, 1.165) is 17.8 Å². The SMILES string of the molecule is CCn1cc2c(n1)C(COC)CN(C(=O)C1(F)CC1)C2. The topological polar surface area (TPSA) is 47.4 Å². The molecule has 6 heteroatoms. The molecule has 110 valence electrons. The summed E-state index contributed by atoms with van der Waals surface area (Å²) in [6.45, 7) is 4.25. The molecule has 0 aromatic carbocycles. The van der Waals surface area contributed by atoms with Gasteiger partial charge in [-0.3, -0.25) is 9.48 Å². The number of hydrogen-bond donors (Lipinski definition) is 0. The molecule has 1 aliphatic carbocycles. The van der Waals surface area contributed by atoms with Gasteiger partial charge in [-0.15, -0.1) is 0 Å². The third-order valence-corrected chi connectivity index (χ3v) is 4.11. The van der Waals surface area contributed by atoms with Gasteiger partial charge in [-0.05, 0) is 19.8 Å². The molecule has 0 saturated heterocycles. The average Bonchev–Trinajstić information content (AvgIpc) is 3.04. The second kappa shape index (κ2) is 4.84. The van der Waals surface area contributed by atoms with Crippen molar-refractivity contribution in [3.63, 3.8) is 0 Å². The Bertz CT molecular complexity index is 524. The standard InChI is InChI=1S/C14H20FN3O2/c1-3-18-8-10-6-17(13(19)14(15)4-5-14)7-11(9-20-2)12(10)16-18/h8,11H,3-7,9H2,1-2H3. The predicted molar refractivity (Wildman–Crippen MR) is 71.0 cm³/mol. The molecule has 0 N–H and O–H groups in total. The minimum atomic E-state index is -1.60. The third-order valence-electron chi connectivity index (χ3n) is 4.11. The zero-order chi connectivity index (χ0) is 14.3. The van der Waals surface area contributed by atoms with Gasteiger partial charge in [0.15, 0.2) is 5.67 Å². The highest BCUT2D eigenvalue weighted by Gasteiger charge is 2.53. The van der Waals surface area contributed by atoms with Gasteiger partial charge in [-0.25, -0.2) is 4.39 Å². The Morgan fingerprint density at radius 2 is 2.35 bits per heavy atom. The first-order valence-electron chi connectivity index (χ1n) is 7.11. The first kappa shape index (κ1) is 13.5. The third kappa shape index (κ3) is 2.22. The number of aryl methyl sites for hydroxylation is 1. The first-order chi connectivity index (χ1) is 9.57. The van der Waals surface area contributed by atoms with Crippen LogP contribution in [0.25, 0.3) is 0 Å². The molecule has 1 aromatic rings. The van der Waals surface area contributed by atoms with Crippen LogP contribution >= 0.6 is 0 Å². The lowest BCUT2D eigenvalue weighted by atomic mass is 9.97. The maximum Gasteiger partial charge on any atom is 0.260 e. The lowest BCUT2D eigenvalue weighted by Crippen LogP contribution is -2.43. The van der Waals surface area contributed by atoms with E-state index < -0.39 is 5.67 Å². The van der Waals surface area contributed by atoms with Crippen molar-refractivity contribution in [1.82, 2.24) is 14.7 Å². The van der Waals surface area contributed by atoms with Crippen molar-refractivity contribution in [1.29, 1.82) is 0 Å². The van der Waals surface area contributed by atoms with E-state index in [2.05, 4.69) is 5.10 Å². The van der Waals surface area contributed by atoms with Gasteiger partial charge in [-0.1, -0.05) is 0 Å². The van der Waals surface area contributed by atoms with Crippen LogP contribution in [0.3, 0.4) is 0 Å². The second-order valence-electron chi connectivity index (χ2n) is 5.70. The molecule has 1 aliphatic heterocycles. The fourth-order valence-electron chi connectivity index (χ4n) is 2.82. The number of nitrogens with zero attached hydrogens (tertiary/aromatic N) is 3. The minimum absolute atomic E-state index is 0.0304. The maximum atomic E-state index is 14.0. The van der Waals surface area contributed by atoms with Crippen LogP contribution in [0.4, 0.5) is 4.39 Å². The summed E-state index contributed by atoms with van der Waals surface area (Å²) in [5.41, 5.74) is 0.398. The molecule has 2 aliphatic rings. The van der Waals surface area contributed by atoms with Gasteiger partial charge in [0, 0.05) is 44.4 Å². The average molecular weight is 281 g/mol. The Morgan fingerprint density at radius 1 is 1.60 bits per heavy atom. The van der Waals surface area contributed by atoms with Crippen LogP contribution in [-0.2, 0) is 22.6 Å². The van der Waals surface area contributed by atoms with E-state index in [0.29, 0.717) is 32.5 Å². The molecule has 0 spiro atoms. The summed E-state index contributed by atoms with van der Waals surface area (Å²) in [7, 11) is 1.63. The highest BCUT2D eigenvalue weighted by Crippen LogP contribution is 2.42. The zero-order valence-corrected chi connectivity index (χ0v) is 11.9. The largest absolute Gasteiger partial charge is 0.384 e. The number of hydrogen-bond acceptors (Lipinski definition) is 3. The van der Waals surface area contributed by atoms with Crippen LogP contribution in [0.1, 0.15) is 36.9 Å². The molecule has 1 aromatic heterocycles. The summed E-state index contributed by atoms with van der Waals surface area (Å²) >= 11 is 0. The van der Waals surface area contributed by atoms with Crippen LogP contribution in [0.5, 0.6) is 0 Å². The zero-order valence-electron chi connectivity index (χ0n) is 11.9. The van der Waals surface area contributed by atoms with E-state index in [9.17, 15) is 9.18 Å². The lowest BCUT2D eigenvalue weighted by Gasteiger charge is -2.32. The molecule has 2 heterocycles. The van der Waals surface area contributed by atoms with E-state index in [-0.39, 0.29) is 11.8 Å². The van der Waals surface area contributed by atoms with E-state index in [1.54, 1.807) is 12.0 Å². The highest BCUT2D eigenvalue weighted by atomic mass is 19.1. The number of fused-ring (bicyclic) bond motifs is 1. The van der Waals surface area contributed by atoms with Crippen molar-refractivity contribution in [2.45, 2.75) is 44.4 Å². The van der Waals surface area contributed by atoms with E-state index in [1.165, 1.54) is 0 Å². The van der Waals surface area contributed by atoms with Gasteiger partial charge < -0.3 is 9.64 Å². The van der Waals surface area contributed by atoms with Crippen molar-refractivity contribution >= 4 is 5.91 Å². The number of aromatic nitrogens is 2. The van der Waals surface area contributed by atoms with Crippen molar-refractivity contribution < 1.29 is 13.9 Å². The molecule has 1 unspecified atom stereocenters. The number of halogens is 1. The second-order valence-corrected chi connectivity index (χ2v) is 5.70. The van der Waals surface area contributed by atoms with Crippen LogP contribution in [-0.4, -0.2) is 46.5 Å². The molecule has 1 fully saturated rings. The molecule has 5 nitrogen and oxygen atoms in total. The summed E-state index contributed by atoms with van der Waals surface area (Å²) < 4.78 is 21.1. The van der Waals surface area contributed by atoms with Gasteiger partial charge in [0.25, 0.3) is 5.91 Å². The Kier molecular flexibility index (Phi) is 3.28. The molecule has 0 radical (unpaired) electrons. The monoisotopic (exact) mass is 281 g/mol. The summed E-state index contributed by atoms with van der Waals surface area (Å²) in [6.07, 6.45) is 2.67. The first-order valence-corrected chi connectivity index (χ1v) is 7.11. The van der Waals surface area contributed by atoms with Gasteiger partial charge >= 0.3 is 0 Å². The van der Waals surface area contributed by atoms with Crippen LogP contribution in [0.15, 0.2) is 6.20 Å². The quantitative estimate of drug-likeness (QED) is 0.840. The van der Waals surface area contributed by atoms with Crippen molar-refractivity contribution in [3.8, 4) is 0 Å². The van der Waals surface area contributed by atoms with Crippen LogP contribution in [0, 0.1) is 0 Å². The maximum absolute atomic E-state index is 14.0. The summed E-state index contributed by atoms with van der Waals surface area (Å²) in [5.74, 6) is -0.337. The van der Waals surface area contributed by atoms with Gasteiger partial charge in [-0.2, -0.15) is 5.10 Å². The predicted octanol–water partition coefficient (Wildman–Crippen LogP) is 1.48. The van der Waals surface area contributed by atoms with Crippen molar-refractivity contribution in [2.75, 3.05) is 20.3 Å². The van der Waals surface area contributed by atoms with E-state index in [1.807, 2.05) is 17.8 Å². The Morgan fingerprint density at radius 3 is 2.95 bits per heavy atom. The Labute approximate surface area is 117 Å². The summed E-state index contributed by atoms with van der Waals surface area (Å²) in [5, 5.41) is 4.55. The number of carbonyl (C=O) groups excluding carboxylic acids is 1. The summed E-state index contributed by atoms with van der Waals surface area (Å²) in [4.78, 5) is 13.8. The lowest BCUT2D eigenvalue weighted by molar-refractivity contribution is -0.139. The number of methoxy groups -OCH3 is 1. The Balaban J connectivity index is 1.85. The van der Waals surface area contributed by atoms with Crippen molar-refractivity contribution in [3.05, 3.63) is 17.5 Å². The molecule has 1 atom stereocenters. The number of amides is 1. The van der Waals surface area contributed by atoms with Gasteiger partial charge in [0.05, 0.1) is 12.3 Å². The Hall–Kier alpha value is -1.43. The normalized spacial score (nSPS) is 23.6. The molecule has 1 amide bonds. The number of ether oxygens (including phenoxy) is 1. The fraction of sp³-hybridized carbons (Fsp3) is 0.714. The molecule has 0 bridgehead atoms. The fourth-order valence-corrected chi connectivity index (χ4v) is 2.82. The molecular weight excluding hydrogens is 261 g/mol. The molecular formula is C14H20FN3O2. The molecule has 1 saturated carbocycles. The number of rotatable bonds is 4. The summed E-state index contributed by atoms with van der Waals surface area (Å²) in [6, 6.07) is 0. The molecule has 3 rings (SSSR count). The highest BCUT2D eigenvalue weighted by molar-refractivity contribution is 5.88. The minimum Gasteiger partial charge on any atom is -0.384 e. The van der Waals surface area contributed by atoms with E-state index >= 15 is 0 Å². The molecule has 20 heavy (non-hydrogen) atoms.